The Labute approximate surface area is 185 Å². The maximum Gasteiger partial charge on any atom is 0.258 e. The summed E-state index contributed by atoms with van der Waals surface area (Å²) >= 11 is 1.55. The summed E-state index contributed by atoms with van der Waals surface area (Å²) in [5.74, 6) is 0.596. The Morgan fingerprint density at radius 1 is 1.26 bits per heavy atom. The highest BCUT2D eigenvalue weighted by molar-refractivity contribution is 7.09. The van der Waals surface area contributed by atoms with Crippen molar-refractivity contribution >= 4 is 29.0 Å². The highest BCUT2D eigenvalue weighted by Gasteiger charge is 2.14. The molecule has 3 aromatic rings. The molecule has 7 heteroatoms. The minimum absolute atomic E-state index is 0.0495. The molecular formula is C24H25N3O3S. The number of thiazole rings is 1. The van der Waals surface area contributed by atoms with Gasteiger partial charge in [0.2, 0.25) is 5.91 Å². The zero-order valence-electron chi connectivity index (χ0n) is 17.9. The zero-order valence-corrected chi connectivity index (χ0v) is 18.7. The summed E-state index contributed by atoms with van der Waals surface area (Å²) in [6, 6.07) is 9.60. The Balaban J connectivity index is 1.49. The standard InChI is InChI=1S/C24H25N3O3S/c1-16-15-31-23(25-16)14-30-22-8-9-27(24(29)12-22)21-7-6-19-10-18(4-5-20(19)11-21)13-26(3)17(2)28/h4-5,8-12,15H,6-7,13-14H2,1-3H3. The van der Waals surface area contributed by atoms with Gasteiger partial charge in [0.25, 0.3) is 5.56 Å². The van der Waals surface area contributed by atoms with Crippen LogP contribution in [0, 0.1) is 6.92 Å². The number of pyridine rings is 1. The maximum absolute atomic E-state index is 12.7. The topological polar surface area (TPSA) is 64.4 Å². The van der Waals surface area contributed by atoms with Crippen LogP contribution in [-0.2, 0) is 24.4 Å². The van der Waals surface area contributed by atoms with E-state index in [0.29, 0.717) is 18.9 Å². The van der Waals surface area contributed by atoms with Crippen LogP contribution in [0.25, 0.3) is 11.8 Å². The Morgan fingerprint density at radius 3 is 2.81 bits per heavy atom. The minimum atomic E-state index is -0.109. The highest BCUT2D eigenvalue weighted by Crippen LogP contribution is 2.27. The monoisotopic (exact) mass is 435 g/mol. The van der Waals surface area contributed by atoms with Crippen LogP contribution in [0.15, 0.2) is 46.7 Å². The number of fused-ring (bicyclic) bond motifs is 1. The van der Waals surface area contributed by atoms with Crippen LogP contribution in [0.1, 0.15) is 40.7 Å². The molecule has 0 saturated heterocycles. The molecule has 1 amide bonds. The first-order valence-corrected chi connectivity index (χ1v) is 11.1. The number of carbonyl (C=O) groups is 1. The second-order valence-electron chi connectivity index (χ2n) is 7.79. The fraction of sp³-hybridized carbons (Fsp3) is 0.292. The second-order valence-corrected chi connectivity index (χ2v) is 8.73. The smallest absolute Gasteiger partial charge is 0.258 e. The lowest BCUT2D eigenvalue weighted by Crippen LogP contribution is -2.23. The van der Waals surface area contributed by atoms with Crippen molar-refractivity contribution in [3.63, 3.8) is 0 Å². The van der Waals surface area contributed by atoms with Crippen molar-refractivity contribution in [1.82, 2.24) is 14.5 Å². The molecule has 4 rings (SSSR count). The number of hydrogen-bond acceptors (Lipinski definition) is 5. The molecule has 0 radical (unpaired) electrons. The SMILES string of the molecule is CC(=O)N(C)Cc1ccc2c(c1)CCC(n1ccc(OCc3nc(C)cs3)cc1=O)=C2. The van der Waals surface area contributed by atoms with Crippen molar-refractivity contribution in [2.45, 2.75) is 39.8 Å². The number of aromatic nitrogens is 2. The second kappa shape index (κ2) is 8.89. The summed E-state index contributed by atoms with van der Waals surface area (Å²) in [5.41, 5.74) is 5.30. The normalized spacial score (nSPS) is 12.8. The van der Waals surface area contributed by atoms with Crippen LogP contribution >= 0.6 is 11.3 Å². The lowest BCUT2D eigenvalue weighted by atomic mass is 9.93. The minimum Gasteiger partial charge on any atom is -0.486 e. The lowest BCUT2D eigenvalue weighted by Gasteiger charge is -2.20. The van der Waals surface area contributed by atoms with E-state index < -0.39 is 0 Å². The molecule has 6 nitrogen and oxygen atoms in total. The largest absolute Gasteiger partial charge is 0.486 e. The average molecular weight is 436 g/mol. The van der Waals surface area contributed by atoms with E-state index >= 15 is 0 Å². The first-order valence-electron chi connectivity index (χ1n) is 10.2. The summed E-state index contributed by atoms with van der Waals surface area (Å²) in [5, 5.41) is 2.87. The predicted octanol–water partition coefficient (Wildman–Crippen LogP) is 4.11. The predicted molar refractivity (Wildman–Crippen MR) is 123 cm³/mol. The molecule has 160 valence electrons. The number of rotatable bonds is 6. The summed E-state index contributed by atoms with van der Waals surface area (Å²) in [7, 11) is 1.80. The number of aryl methyl sites for hydroxylation is 2. The molecule has 1 aliphatic carbocycles. The van der Waals surface area contributed by atoms with E-state index in [-0.39, 0.29) is 11.5 Å². The number of ether oxygens (including phenoxy) is 1. The molecule has 2 aromatic heterocycles. The molecule has 0 atom stereocenters. The Hall–Kier alpha value is -3.19. The molecule has 31 heavy (non-hydrogen) atoms. The van der Waals surface area contributed by atoms with Crippen LogP contribution in [0.5, 0.6) is 5.75 Å². The third-order valence-corrected chi connectivity index (χ3v) is 6.31. The third-order valence-electron chi connectivity index (χ3n) is 5.37. The van der Waals surface area contributed by atoms with E-state index in [4.69, 9.17) is 4.74 Å². The molecule has 1 aromatic carbocycles. The molecule has 0 fully saturated rings. The van der Waals surface area contributed by atoms with Gasteiger partial charge in [0, 0.05) is 49.6 Å². The summed E-state index contributed by atoms with van der Waals surface area (Å²) < 4.78 is 7.41. The maximum atomic E-state index is 12.7. The molecular weight excluding hydrogens is 410 g/mol. The van der Waals surface area contributed by atoms with Gasteiger partial charge in [0.05, 0.1) is 0 Å². The quantitative estimate of drug-likeness (QED) is 0.584. The van der Waals surface area contributed by atoms with Crippen molar-refractivity contribution in [3.05, 3.63) is 79.7 Å². The van der Waals surface area contributed by atoms with Crippen molar-refractivity contribution < 1.29 is 9.53 Å². The highest BCUT2D eigenvalue weighted by atomic mass is 32.1. The number of amides is 1. The van der Waals surface area contributed by atoms with Crippen LogP contribution in [-0.4, -0.2) is 27.4 Å². The van der Waals surface area contributed by atoms with Gasteiger partial charge in [-0.2, -0.15) is 0 Å². The van der Waals surface area contributed by atoms with Gasteiger partial charge in [-0.25, -0.2) is 4.98 Å². The molecule has 0 N–H and O–H groups in total. The number of nitrogens with zero attached hydrogens (tertiary/aromatic N) is 3. The summed E-state index contributed by atoms with van der Waals surface area (Å²) in [4.78, 5) is 30.2. The van der Waals surface area contributed by atoms with Gasteiger partial charge < -0.3 is 9.64 Å². The molecule has 0 saturated carbocycles. The van der Waals surface area contributed by atoms with Gasteiger partial charge in [0.15, 0.2) is 0 Å². The van der Waals surface area contributed by atoms with Gasteiger partial charge >= 0.3 is 0 Å². The van der Waals surface area contributed by atoms with Crippen molar-refractivity contribution in [2.75, 3.05) is 7.05 Å². The van der Waals surface area contributed by atoms with Gasteiger partial charge in [-0.05, 0) is 48.6 Å². The number of carbonyl (C=O) groups excluding carboxylic acids is 1. The van der Waals surface area contributed by atoms with Crippen LogP contribution in [0.4, 0.5) is 0 Å². The average Bonchev–Trinajstić information content (AvgIpc) is 3.17. The number of benzene rings is 1. The van der Waals surface area contributed by atoms with E-state index in [2.05, 4.69) is 23.2 Å². The first kappa shape index (κ1) is 21.1. The Morgan fingerprint density at radius 2 is 2.10 bits per heavy atom. The van der Waals surface area contributed by atoms with Gasteiger partial charge in [-0.1, -0.05) is 18.2 Å². The molecule has 0 bridgehead atoms. The summed E-state index contributed by atoms with van der Waals surface area (Å²) in [6.07, 6.45) is 5.47. The fourth-order valence-electron chi connectivity index (χ4n) is 3.61. The van der Waals surface area contributed by atoms with Crippen LogP contribution in [0.3, 0.4) is 0 Å². The first-order chi connectivity index (χ1) is 14.9. The zero-order chi connectivity index (χ0) is 22.0. The van der Waals surface area contributed by atoms with E-state index in [0.717, 1.165) is 40.4 Å². The van der Waals surface area contributed by atoms with Crippen molar-refractivity contribution in [2.24, 2.45) is 0 Å². The van der Waals surface area contributed by atoms with Gasteiger partial charge in [-0.3, -0.25) is 14.2 Å². The van der Waals surface area contributed by atoms with Crippen molar-refractivity contribution in [1.29, 1.82) is 0 Å². The third kappa shape index (κ3) is 4.94. The molecule has 1 aliphatic rings. The summed E-state index contributed by atoms with van der Waals surface area (Å²) in [6.45, 7) is 4.48. The Kier molecular flexibility index (Phi) is 6.04. The van der Waals surface area contributed by atoms with E-state index in [1.165, 1.54) is 11.6 Å². The molecule has 0 unspecified atom stereocenters. The van der Waals surface area contributed by atoms with Gasteiger partial charge in [-0.15, -0.1) is 11.3 Å². The van der Waals surface area contributed by atoms with E-state index in [1.807, 2.05) is 24.4 Å². The Bertz CT molecular complexity index is 1210. The van der Waals surface area contributed by atoms with Crippen LogP contribution < -0.4 is 10.3 Å². The van der Waals surface area contributed by atoms with Gasteiger partial charge in [0.1, 0.15) is 17.4 Å². The van der Waals surface area contributed by atoms with E-state index in [9.17, 15) is 9.59 Å². The number of allylic oxidation sites excluding steroid dienone is 1. The molecule has 2 heterocycles. The number of hydrogen-bond donors (Lipinski definition) is 0. The molecule has 0 spiro atoms. The van der Waals surface area contributed by atoms with Crippen LogP contribution in [0.2, 0.25) is 0 Å². The van der Waals surface area contributed by atoms with Crippen molar-refractivity contribution in [3.8, 4) is 5.75 Å². The fourth-order valence-corrected chi connectivity index (χ4v) is 4.29. The van der Waals surface area contributed by atoms with E-state index in [1.54, 1.807) is 41.0 Å². The molecule has 0 aliphatic heterocycles. The lowest BCUT2D eigenvalue weighted by molar-refractivity contribution is -0.128.